The molecule has 6 rings (SSSR count). The Morgan fingerprint density at radius 2 is 1.29 bits per heavy atom. The van der Waals surface area contributed by atoms with Gasteiger partial charge in [0.15, 0.2) is 23.1 Å². The SMILES string of the molecule is O=C1C[C@H](c2ccc(O)cc2)Oc2c1c(O)cc(O)c2[C@@H]1C(=O)c2c(O)cc(O)cc2O[C@H]1c1ccc(O)c(O)c1. The lowest BCUT2D eigenvalue weighted by Crippen LogP contribution is -2.32. The average Bonchev–Trinajstić information content (AvgIpc) is 2.90. The van der Waals surface area contributed by atoms with Gasteiger partial charge < -0.3 is 45.2 Å². The number of phenolic OH excluding ortho intramolecular Hbond substituents is 7. The van der Waals surface area contributed by atoms with Crippen LogP contribution in [0.2, 0.25) is 0 Å². The molecule has 0 saturated heterocycles. The molecule has 0 aromatic heterocycles. The molecule has 2 heterocycles. The summed E-state index contributed by atoms with van der Waals surface area (Å²) < 4.78 is 12.2. The Bertz CT molecular complexity index is 1740. The molecule has 0 saturated carbocycles. The monoisotopic (exact) mass is 558 g/mol. The van der Waals surface area contributed by atoms with E-state index in [1.165, 1.54) is 30.3 Å². The molecule has 0 radical (unpaired) electrons. The Balaban J connectivity index is 1.58. The number of phenols is 7. The van der Waals surface area contributed by atoms with Gasteiger partial charge in [-0.15, -0.1) is 0 Å². The molecule has 208 valence electrons. The Morgan fingerprint density at radius 1 is 0.610 bits per heavy atom. The standard InChI is InChI=1S/C30H22O11/c31-14-4-1-12(2-5-14)22-11-21(38)24-19(36)10-20(37)26(30(24)40-22)27-28(39)25-18(35)8-15(32)9-23(25)41-29(27)13-3-6-16(33)17(34)7-13/h1-10,22,27,29,31-37H,11H2/t22-,27-,29+/m1/s1. The number of hydrogen-bond acceptors (Lipinski definition) is 11. The second kappa shape index (κ2) is 9.26. The lowest BCUT2D eigenvalue weighted by molar-refractivity contribution is 0.0738. The average molecular weight is 558 g/mol. The zero-order chi connectivity index (χ0) is 29.2. The van der Waals surface area contributed by atoms with Gasteiger partial charge in [-0.25, -0.2) is 0 Å². The number of carbonyl (C=O) groups is 2. The molecule has 3 atom stereocenters. The van der Waals surface area contributed by atoms with Crippen LogP contribution in [-0.4, -0.2) is 47.3 Å². The molecule has 0 aliphatic carbocycles. The number of aromatic hydroxyl groups is 7. The lowest BCUT2D eigenvalue weighted by Gasteiger charge is -2.36. The highest BCUT2D eigenvalue weighted by molar-refractivity contribution is 6.09. The minimum atomic E-state index is -1.51. The molecule has 0 fully saturated rings. The predicted octanol–water partition coefficient (Wildman–Crippen LogP) is 4.43. The fourth-order valence-electron chi connectivity index (χ4n) is 5.35. The summed E-state index contributed by atoms with van der Waals surface area (Å²) in [6, 6.07) is 12.5. The fraction of sp³-hybridized carbons (Fsp3) is 0.133. The van der Waals surface area contributed by atoms with E-state index in [2.05, 4.69) is 0 Å². The van der Waals surface area contributed by atoms with E-state index in [4.69, 9.17) is 9.47 Å². The summed E-state index contributed by atoms with van der Waals surface area (Å²) in [7, 11) is 0. The van der Waals surface area contributed by atoms with Crippen molar-refractivity contribution in [1.29, 1.82) is 0 Å². The van der Waals surface area contributed by atoms with E-state index >= 15 is 0 Å². The molecule has 4 aromatic carbocycles. The van der Waals surface area contributed by atoms with Gasteiger partial charge >= 0.3 is 0 Å². The van der Waals surface area contributed by atoms with Crippen LogP contribution in [0, 0.1) is 0 Å². The first-order valence-electron chi connectivity index (χ1n) is 12.4. The number of hydrogen-bond donors (Lipinski definition) is 7. The molecule has 0 bridgehead atoms. The second-order valence-corrected chi connectivity index (χ2v) is 9.82. The number of rotatable bonds is 3. The van der Waals surface area contributed by atoms with Gasteiger partial charge in [0.05, 0.1) is 17.9 Å². The van der Waals surface area contributed by atoms with Crippen LogP contribution in [0.3, 0.4) is 0 Å². The van der Waals surface area contributed by atoms with E-state index in [0.29, 0.717) is 5.56 Å². The molecule has 0 spiro atoms. The first-order valence-corrected chi connectivity index (χ1v) is 12.4. The van der Waals surface area contributed by atoms with E-state index in [-0.39, 0.29) is 45.9 Å². The van der Waals surface area contributed by atoms with Crippen LogP contribution in [0.4, 0.5) is 0 Å². The smallest absolute Gasteiger partial charge is 0.182 e. The Morgan fingerprint density at radius 3 is 2.00 bits per heavy atom. The van der Waals surface area contributed by atoms with Crippen molar-refractivity contribution in [3.8, 4) is 51.7 Å². The van der Waals surface area contributed by atoms with E-state index in [0.717, 1.165) is 30.3 Å². The van der Waals surface area contributed by atoms with Gasteiger partial charge in [0.1, 0.15) is 63.6 Å². The highest BCUT2D eigenvalue weighted by atomic mass is 16.5. The molecular weight excluding hydrogens is 536 g/mol. The van der Waals surface area contributed by atoms with Crippen LogP contribution in [0.1, 0.15) is 62.0 Å². The summed E-state index contributed by atoms with van der Waals surface area (Å²) in [6.07, 6.45) is -2.44. The van der Waals surface area contributed by atoms with Crippen molar-refractivity contribution in [2.75, 3.05) is 0 Å². The third-order valence-corrected chi connectivity index (χ3v) is 7.24. The quantitative estimate of drug-likeness (QED) is 0.176. The number of ketones is 2. The topological polar surface area (TPSA) is 194 Å². The Labute approximate surface area is 231 Å². The van der Waals surface area contributed by atoms with Crippen LogP contribution in [0.25, 0.3) is 0 Å². The number of Topliss-reactive ketones (excluding diaryl/α,β-unsaturated/α-hetero) is 2. The minimum Gasteiger partial charge on any atom is -0.508 e. The van der Waals surface area contributed by atoms with Crippen molar-refractivity contribution in [3.63, 3.8) is 0 Å². The predicted molar refractivity (Wildman–Crippen MR) is 140 cm³/mol. The number of fused-ring (bicyclic) bond motifs is 2. The lowest BCUT2D eigenvalue weighted by atomic mass is 9.78. The Kier molecular flexibility index (Phi) is 5.80. The van der Waals surface area contributed by atoms with E-state index in [9.17, 15) is 45.3 Å². The number of benzene rings is 4. The zero-order valence-corrected chi connectivity index (χ0v) is 21.0. The first-order chi connectivity index (χ1) is 19.5. The van der Waals surface area contributed by atoms with Crippen LogP contribution in [0.15, 0.2) is 60.7 Å². The van der Waals surface area contributed by atoms with Gasteiger partial charge in [0, 0.05) is 18.2 Å². The molecule has 2 aliphatic heterocycles. The van der Waals surface area contributed by atoms with Crippen LogP contribution in [0.5, 0.6) is 51.7 Å². The largest absolute Gasteiger partial charge is 0.508 e. The zero-order valence-electron chi connectivity index (χ0n) is 21.0. The molecule has 0 amide bonds. The van der Waals surface area contributed by atoms with E-state index in [1.54, 1.807) is 0 Å². The summed E-state index contributed by atoms with van der Waals surface area (Å²) in [5.41, 5.74) is -0.152. The molecule has 7 N–H and O–H groups in total. The van der Waals surface area contributed by atoms with Crippen LogP contribution in [-0.2, 0) is 0 Å². The van der Waals surface area contributed by atoms with E-state index in [1.807, 2.05) is 0 Å². The third-order valence-electron chi connectivity index (χ3n) is 7.24. The maximum atomic E-state index is 14.1. The molecule has 2 aliphatic rings. The van der Waals surface area contributed by atoms with Crippen molar-refractivity contribution in [2.24, 2.45) is 0 Å². The fourth-order valence-corrected chi connectivity index (χ4v) is 5.35. The Hall–Kier alpha value is -5.58. The maximum Gasteiger partial charge on any atom is 0.182 e. The van der Waals surface area contributed by atoms with Crippen molar-refractivity contribution in [1.82, 2.24) is 0 Å². The third kappa shape index (κ3) is 4.15. The van der Waals surface area contributed by atoms with Gasteiger partial charge in [-0.05, 0) is 35.4 Å². The van der Waals surface area contributed by atoms with Crippen molar-refractivity contribution >= 4 is 11.6 Å². The maximum absolute atomic E-state index is 14.1. The normalized spacial score (nSPS) is 19.6. The van der Waals surface area contributed by atoms with Gasteiger partial charge in [-0.1, -0.05) is 18.2 Å². The highest BCUT2D eigenvalue weighted by Crippen LogP contribution is 2.55. The van der Waals surface area contributed by atoms with Crippen molar-refractivity contribution in [2.45, 2.75) is 24.5 Å². The molecule has 11 nitrogen and oxygen atoms in total. The molecule has 11 heteroatoms. The summed E-state index contributed by atoms with van der Waals surface area (Å²) in [5.74, 6) is -6.49. The van der Waals surface area contributed by atoms with Gasteiger partial charge in [-0.2, -0.15) is 0 Å². The molecule has 41 heavy (non-hydrogen) atoms. The van der Waals surface area contributed by atoms with Crippen LogP contribution >= 0.6 is 0 Å². The first kappa shape index (κ1) is 25.7. The molecule has 4 aromatic rings. The summed E-state index contributed by atoms with van der Waals surface area (Å²) in [5, 5.41) is 72.1. The molecule has 0 unspecified atom stereocenters. The van der Waals surface area contributed by atoms with Crippen molar-refractivity contribution < 1.29 is 54.8 Å². The van der Waals surface area contributed by atoms with E-state index < -0.39 is 64.2 Å². The summed E-state index contributed by atoms with van der Waals surface area (Å²) in [6.45, 7) is 0. The van der Waals surface area contributed by atoms with Gasteiger partial charge in [0.25, 0.3) is 0 Å². The summed E-state index contributed by atoms with van der Waals surface area (Å²) >= 11 is 0. The number of carbonyl (C=O) groups excluding carboxylic acids is 2. The second-order valence-electron chi connectivity index (χ2n) is 9.82. The highest BCUT2D eigenvalue weighted by Gasteiger charge is 2.46. The summed E-state index contributed by atoms with van der Waals surface area (Å²) in [4.78, 5) is 27.4. The van der Waals surface area contributed by atoms with Gasteiger partial charge in [0.2, 0.25) is 0 Å². The van der Waals surface area contributed by atoms with Crippen LogP contribution < -0.4 is 9.47 Å². The van der Waals surface area contributed by atoms with Gasteiger partial charge in [-0.3, -0.25) is 9.59 Å². The van der Waals surface area contributed by atoms with Crippen molar-refractivity contribution in [3.05, 3.63) is 88.5 Å². The number of ether oxygens (including phenoxy) is 2. The minimum absolute atomic E-state index is 0.0123. The molecular formula is C30H22O11.